The first-order valence-electron chi connectivity index (χ1n) is 5.13. The van der Waals surface area contributed by atoms with Crippen LogP contribution >= 0.6 is 23.8 Å². The van der Waals surface area contributed by atoms with Gasteiger partial charge in [0.15, 0.2) is 4.99 Å². The first kappa shape index (κ1) is 12.6. The van der Waals surface area contributed by atoms with Crippen molar-refractivity contribution < 1.29 is 4.79 Å². The summed E-state index contributed by atoms with van der Waals surface area (Å²) in [7, 11) is 0. The molecule has 7 heteroatoms. The van der Waals surface area contributed by atoms with Crippen molar-refractivity contribution in [2.75, 3.05) is 5.43 Å². The van der Waals surface area contributed by atoms with Crippen LogP contribution in [0, 0.1) is 6.92 Å². The normalized spacial score (nSPS) is 9.83. The lowest BCUT2D eigenvalue weighted by atomic mass is 10.1. The highest BCUT2D eigenvalue weighted by molar-refractivity contribution is 7.82. The molecule has 0 aliphatic rings. The molecule has 1 aromatic heterocycles. The molecule has 0 aliphatic heterocycles. The van der Waals surface area contributed by atoms with Crippen LogP contribution in [0.2, 0.25) is 0 Å². The molecule has 0 fully saturated rings. The lowest BCUT2D eigenvalue weighted by Gasteiger charge is -2.06. The Morgan fingerprint density at radius 1 is 1.33 bits per heavy atom. The van der Waals surface area contributed by atoms with Crippen LogP contribution in [0.25, 0.3) is 0 Å². The van der Waals surface area contributed by atoms with Crippen molar-refractivity contribution in [1.82, 2.24) is 14.8 Å². The van der Waals surface area contributed by atoms with E-state index in [4.69, 9.17) is 12.2 Å². The maximum absolute atomic E-state index is 11.9. The van der Waals surface area contributed by atoms with Crippen LogP contribution in [-0.4, -0.2) is 20.1 Å². The number of hydrogen-bond donors (Lipinski definition) is 2. The van der Waals surface area contributed by atoms with Gasteiger partial charge < -0.3 is 0 Å². The number of hydrazine groups is 1. The van der Waals surface area contributed by atoms with Crippen molar-refractivity contribution >= 4 is 39.7 Å². The molecule has 0 unspecified atom stereocenters. The number of benzene rings is 1. The summed E-state index contributed by atoms with van der Waals surface area (Å²) in [5.74, 6) is 0.434. The van der Waals surface area contributed by atoms with Crippen molar-refractivity contribution in [3.8, 4) is 0 Å². The van der Waals surface area contributed by atoms with E-state index in [1.807, 2.05) is 6.07 Å². The number of Topliss-reactive ketones (excluding diaryl/α,β-unsaturated/α-hetero) is 1. The highest BCUT2D eigenvalue weighted by Gasteiger charge is 2.11. The second kappa shape index (κ2) is 5.65. The molecule has 2 rings (SSSR count). The molecule has 0 amide bonds. The Balaban J connectivity index is 1.94. The lowest BCUT2D eigenvalue weighted by Crippen LogP contribution is -2.33. The fourth-order valence-corrected chi connectivity index (χ4v) is 1.93. The fraction of sp³-hybridized carbons (Fsp3) is 0.0909. The van der Waals surface area contributed by atoms with Gasteiger partial charge in [-0.3, -0.25) is 15.6 Å². The summed E-state index contributed by atoms with van der Waals surface area (Å²) in [6.07, 6.45) is 0. The van der Waals surface area contributed by atoms with Crippen molar-refractivity contribution in [2.45, 2.75) is 6.92 Å². The van der Waals surface area contributed by atoms with Gasteiger partial charge >= 0.3 is 0 Å². The van der Waals surface area contributed by atoms with E-state index in [2.05, 4.69) is 20.2 Å². The summed E-state index contributed by atoms with van der Waals surface area (Å²) >= 11 is 6.19. The number of nitrogens with one attached hydrogen (secondary N) is 2. The monoisotopic (exact) mass is 278 g/mol. The van der Waals surface area contributed by atoms with E-state index in [1.165, 1.54) is 11.5 Å². The predicted octanol–water partition coefficient (Wildman–Crippen LogP) is 1.97. The number of rotatable bonds is 4. The molecule has 1 aromatic carbocycles. The second-order valence-electron chi connectivity index (χ2n) is 3.42. The molecule has 0 spiro atoms. The molecule has 2 aromatic rings. The van der Waals surface area contributed by atoms with E-state index in [9.17, 15) is 4.79 Å². The van der Waals surface area contributed by atoms with Crippen LogP contribution in [0.3, 0.4) is 0 Å². The molecule has 0 aliphatic carbocycles. The highest BCUT2D eigenvalue weighted by atomic mass is 32.1. The van der Waals surface area contributed by atoms with Crippen LogP contribution in [-0.2, 0) is 0 Å². The van der Waals surface area contributed by atoms with Crippen molar-refractivity contribution in [2.24, 2.45) is 0 Å². The Labute approximate surface area is 113 Å². The number of thiocarbonyl (C=S) groups is 1. The number of aromatic nitrogens is 2. The first-order valence-corrected chi connectivity index (χ1v) is 6.31. The van der Waals surface area contributed by atoms with Crippen molar-refractivity contribution in [3.05, 3.63) is 41.7 Å². The number of hydrogen-bond acceptors (Lipinski definition) is 6. The van der Waals surface area contributed by atoms with E-state index >= 15 is 0 Å². The maximum atomic E-state index is 11.9. The lowest BCUT2D eigenvalue weighted by molar-refractivity contribution is 0.106. The third kappa shape index (κ3) is 3.08. The second-order valence-corrected chi connectivity index (χ2v) is 4.58. The minimum atomic E-state index is -0.237. The van der Waals surface area contributed by atoms with Gasteiger partial charge in [0.05, 0.1) is 0 Å². The molecule has 18 heavy (non-hydrogen) atoms. The van der Waals surface area contributed by atoms with Gasteiger partial charge in [-0.1, -0.05) is 42.5 Å². The van der Waals surface area contributed by atoms with Crippen LogP contribution in [0.15, 0.2) is 30.3 Å². The van der Waals surface area contributed by atoms with E-state index in [1.54, 1.807) is 31.2 Å². The molecular formula is C11H10N4OS2. The number of nitrogens with zero attached hydrogens (tertiary/aromatic N) is 2. The molecule has 0 radical (unpaired) electrons. The van der Waals surface area contributed by atoms with Gasteiger partial charge in [-0.15, -0.1) is 0 Å². The Kier molecular flexibility index (Phi) is 3.96. The quantitative estimate of drug-likeness (QED) is 0.506. The predicted molar refractivity (Wildman–Crippen MR) is 74.8 cm³/mol. The minimum Gasteiger partial charge on any atom is -0.286 e. The Morgan fingerprint density at radius 2 is 2.06 bits per heavy atom. The van der Waals surface area contributed by atoms with Gasteiger partial charge in [0.1, 0.15) is 5.82 Å². The smallest absolute Gasteiger partial charge is 0.221 e. The molecule has 0 saturated carbocycles. The standard InChI is InChI=1S/C11H10N4OS2/c1-7-12-11(18-15-7)14-13-10(17)9(16)8-5-3-2-4-6-8/h2-6H,1H3,(H,13,17)(H,12,14,15). The molecule has 0 saturated heterocycles. The summed E-state index contributed by atoms with van der Waals surface area (Å²) < 4.78 is 4.00. The Morgan fingerprint density at radius 3 is 2.67 bits per heavy atom. The molecule has 1 heterocycles. The Bertz CT molecular complexity index is 567. The van der Waals surface area contributed by atoms with Crippen LogP contribution in [0.4, 0.5) is 5.13 Å². The number of carbonyl (C=O) groups excluding carboxylic acids is 1. The summed E-state index contributed by atoms with van der Waals surface area (Å²) in [5.41, 5.74) is 5.95. The average Bonchev–Trinajstić information content (AvgIpc) is 2.82. The van der Waals surface area contributed by atoms with E-state index in [0.717, 1.165) is 0 Å². The number of carbonyl (C=O) groups is 1. The summed E-state index contributed by atoms with van der Waals surface area (Å²) in [6.45, 7) is 1.79. The van der Waals surface area contributed by atoms with Gasteiger partial charge in [-0.25, -0.2) is 4.98 Å². The number of aryl methyl sites for hydroxylation is 1. The SMILES string of the molecule is Cc1nsc(NNC(=S)C(=O)c2ccccc2)n1. The molecule has 5 nitrogen and oxygen atoms in total. The third-order valence-corrected chi connectivity index (χ3v) is 3.06. The average molecular weight is 278 g/mol. The van der Waals surface area contributed by atoms with Gasteiger partial charge in [-0.2, -0.15) is 4.37 Å². The zero-order valence-electron chi connectivity index (χ0n) is 9.51. The van der Waals surface area contributed by atoms with E-state index in [0.29, 0.717) is 16.5 Å². The molecule has 2 N–H and O–H groups in total. The van der Waals surface area contributed by atoms with Gasteiger partial charge in [0, 0.05) is 17.1 Å². The van der Waals surface area contributed by atoms with Crippen LogP contribution in [0.5, 0.6) is 0 Å². The van der Waals surface area contributed by atoms with Gasteiger partial charge in [0.25, 0.3) is 0 Å². The summed E-state index contributed by atoms with van der Waals surface area (Å²) in [6, 6.07) is 8.85. The first-order chi connectivity index (χ1) is 8.66. The van der Waals surface area contributed by atoms with Crippen molar-refractivity contribution in [1.29, 1.82) is 0 Å². The van der Waals surface area contributed by atoms with E-state index in [-0.39, 0.29) is 10.8 Å². The molecule has 0 atom stereocenters. The molecule has 0 bridgehead atoms. The topological polar surface area (TPSA) is 66.9 Å². The zero-order chi connectivity index (χ0) is 13.0. The third-order valence-electron chi connectivity index (χ3n) is 2.05. The number of anilines is 1. The van der Waals surface area contributed by atoms with Gasteiger partial charge in [0.2, 0.25) is 10.9 Å². The van der Waals surface area contributed by atoms with Crippen molar-refractivity contribution in [3.63, 3.8) is 0 Å². The molecular weight excluding hydrogens is 268 g/mol. The van der Waals surface area contributed by atoms with Crippen LogP contribution in [0.1, 0.15) is 16.2 Å². The summed E-state index contributed by atoms with van der Waals surface area (Å²) in [4.78, 5) is 16.1. The number of ketones is 1. The van der Waals surface area contributed by atoms with E-state index < -0.39 is 0 Å². The van der Waals surface area contributed by atoms with Crippen LogP contribution < -0.4 is 10.9 Å². The fourth-order valence-electron chi connectivity index (χ4n) is 1.24. The summed E-state index contributed by atoms with van der Waals surface area (Å²) in [5, 5.41) is 0.565. The molecule has 92 valence electrons. The highest BCUT2D eigenvalue weighted by Crippen LogP contribution is 2.08. The largest absolute Gasteiger partial charge is 0.286 e. The van der Waals surface area contributed by atoms with Gasteiger partial charge in [-0.05, 0) is 6.92 Å². The minimum absolute atomic E-state index is 0.0917. The maximum Gasteiger partial charge on any atom is 0.221 e. The zero-order valence-corrected chi connectivity index (χ0v) is 11.1. The Hall–Kier alpha value is -1.86.